The average Bonchev–Trinajstić information content (AvgIpc) is 3.37. The van der Waals surface area contributed by atoms with Crippen molar-refractivity contribution in [3.63, 3.8) is 0 Å². The average molecular weight is 818 g/mol. The summed E-state index contributed by atoms with van der Waals surface area (Å²) in [7, 11) is 0. The van der Waals surface area contributed by atoms with Crippen LogP contribution in [0, 0.1) is 0 Å². The molecule has 0 amide bonds. The zero-order valence-corrected chi connectivity index (χ0v) is 36.2. The van der Waals surface area contributed by atoms with Crippen molar-refractivity contribution in [2.75, 3.05) is 4.90 Å². The number of hydrogen-bond acceptors (Lipinski definition) is 1. The maximum Gasteiger partial charge on any atom is 0.0462 e. The van der Waals surface area contributed by atoms with Gasteiger partial charge in [-0.25, -0.2) is 0 Å². The maximum absolute atomic E-state index is 2.41. The Bertz CT molecular complexity index is 3540. The van der Waals surface area contributed by atoms with E-state index < -0.39 is 0 Å². The van der Waals surface area contributed by atoms with E-state index in [1.54, 1.807) is 0 Å². The van der Waals surface area contributed by atoms with Gasteiger partial charge in [0.25, 0.3) is 0 Å². The molecule has 1 heteroatoms. The van der Waals surface area contributed by atoms with Crippen LogP contribution in [0.4, 0.5) is 17.1 Å². The van der Waals surface area contributed by atoms with E-state index in [1.807, 2.05) is 0 Å². The lowest BCUT2D eigenvalue weighted by atomic mass is 9.88. The van der Waals surface area contributed by atoms with Crippen molar-refractivity contribution in [3.05, 3.63) is 242 Å². The molecule has 0 bridgehead atoms. The number of rotatable bonds is 9. The standard InChI is InChI=1S/C63H47N/c1-3-5-15-43(4-2)45-24-32-51(33-25-45)64(52-34-26-46(27-35-52)44-16-7-6-8-17-44)53-36-28-47(29-37-53)48-30-38-59-60-39-31-50(42-63(60)58-23-14-13-22-57(58)62(59)40-48)61-41-49-18-9-10-19-54(49)55-20-11-12-21-56(55)61/h4-42H,3H2,1-2H3/b15-5-,43-4+. The summed E-state index contributed by atoms with van der Waals surface area (Å²) in [6.45, 7) is 4.28. The molecule has 0 fully saturated rings. The second-order valence-corrected chi connectivity index (χ2v) is 16.7. The van der Waals surface area contributed by atoms with Crippen LogP contribution in [0.15, 0.2) is 237 Å². The van der Waals surface area contributed by atoms with Crippen molar-refractivity contribution in [2.45, 2.75) is 20.3 Å². The normalized spacial score (nSPS) is 12.0. The van der Waals surface area contributed by atoms with Gasteiger partial charge in [0.2, 0.25) is 0 Å². The number of benzene rings is 11. The first kappa shape index (κ1) is 38.9. The molecule has 0 aliphatic carbocycles. The van der Waals surface area contributed by atoms with Gasteiger partial charge in [-0.15, -0.1) is 0 Å². The molecule has 0 aliphatic rings. The molecule has 0 N–H and O–H groups in total. The van der Waals surface area contributed by atoms with Gasteiger partial charge in [0, 0.05) is 17.1 Å². The van der Waals surface area contributed by atoms with Crippen molar-refractivity contribution >= 4 is 76.5 Å². The second kappa shape index (κ2) is 16.7. The molecule has 304 valence electrons. The minimum atomic E-state index is 1.01. The Balaban J connectivity index is 0.981. The fourth-order valence-corrected chi connectivity index (χ4v) is 9.69. The lowest BCUT2D eigenvalue weighted by Crippen LogP contribution is -2.09. The minimum absolute atomic E-state index is 1.01. The van der Waals surface area contributed by atoms with Crippen molar-refractivity contribution in [3.8, 4) is 33.4 Å². The summed E-state index contributed by atoms with van der Waals surface area (Å²) >= 11 is 0. The zero-order chi connectivity index (χ0) is 43.0. The minimum Gasteiger partial charge on any atom is -0.311 e. The van der Waals surface area contributed by atoms with Crippen LogP contribution in [0.5, 0.6) is 0 Å². The Kier molecular flexibility index (Phi) is 10.1. The van der Waals surface area contributed by atoms with Crippen LogP contribution < -0.4 is 4.90 Å². The first-order chi connectivity index (χ1) is 31.6. The zero-order valence-electron chi connectivity index (χ0n) is 36.2. The number of anilines is 3. The van der Waals surface area contributed by atoms with Crippen molar-refractivity contribution < 1.29 is 0 Å². The Labute approximate surface area is 375 Å². The van der Waals surface area contributed by atoms with Gasteiger partial charge >= 0.3 is 0 Å². The van der Waals surface area contributed by atoms with Gasteiger partial charge in [-0.1, -0.05) is 189 Å². The number of allylic oxidation sites excluding steroid dienone is 4. The van der Waals surface area contributed by atoms with Gasteiger partial charge in [-0.3, -0.25) is 0 Å². The summed E-state index contributed by atoms with van der Waals surface area (Å²) in [5, 5.41) is 12.7. The SMILES string of the molecule is C/C=C(\C=C/CC)c1ccc(N(c2ccc(-c3ccccc3)cc2)c2ccc(-c3ccc4c5ccc(-c6cc7ccccc7c7ccccc67)cc5c5ccccc5c4c3)cc2)cc1. The predicted octanol–water partition coefficient (Wildman–Crippen LogP) is 18.3. The summed E-state index contributed by atoms with van der Waals surface area (Å²) in [6.07, 6.45) is 7.63. The van der Waals surface area contributed by atoms with Gasteiger partial charge in [-0.05, 0) is 166 Å². The van der Waals surface area contributed by atoms with Gasteiger partial charge < -0.3 is 4.90 Å². The third-order valence-electron chi connectivity index (χ3n) is 12.9. The molecule has 0 spiro atoms. The third kappa shape index (κ3) is 7.02. The first-order valence-electron chi connectivity index (χ1n) is 22.4. The summed E-state index contributed by atoms with van der Waals surface area (Å²) in [4.78, 5) is 2.36. The molecule has 0 aliphatic heterocycles. The summed E-state index contributed by atoms with van der Waals surface area (Å²) in [5.74, 6) is 0. The lowest BCUT2D eigenvalue weighted by molar-refractivity contribution is 1.22. The van der Waals surface area contributed by atoms with Crippen molar-refractivity contribution in [1.82, 2.24) is 0 Å². The van der Waals surface area contributed by atoms with Crippen molar-refractivity contribution in [2.24, 2.45) is 0 Å². The molecular formula is C63H47N. The number of nitrogens with zero attached hydrogens (tertiary/aromatic N) is 1. The quantitative estimate of drug-likeness (QED) is 0.104. The molecule has 11 aromatic carbocycles. The molecule has 64 heavy (non-hydrogen) atoms. The third-order valence-corrected chi connectivity index (χ3v) is 12.9. The molecule has 0 atom stereocenters. The van der Waals surface area contributed by atoms with Gasteiger partial charge in [-0.2, -0.15) is 0 Å². The van der Waals surface area contributed by atoms with E-state index in [0.717, 1.165) is 23.5 Å². The first-order valence-corrected chi connectivity index (χ1v) is 22.4. The van der Waals surface area contributed by atoms with Crippen LogP contribution >= 0.6 is 0 Å². The predicted molar refractivity (Wildman–Crippen MR) is 278 cm³/mol. The molecule has 0 radical (unpaired) electrons. The van der Waals surface area contributed by atoms with E-state index in [9.17, 15) is 0 Å². The number of hydrogen-bond donors (Lipinski definition) is 0. The Morgan fingerprint density at radius 2 is 0.812 bits per heavy atom. The fourth-order valence-electron chi connectivity index (χ4n) is 9.69. The van der Waals surface area contributed by atoms with Crippen LogP contribution in [0.1, 0.15) is 25.8 Å². The molecule has 1 nitrogen and oxygen atoms in total. The Hall–Kier alpha value is -8.00. The highest BCUT2D eigenvalue weighted by atomic mass is 15.1. The topological polar surface area (TPSA) is 3.24 Å². The lowest BCUT2D eigenvalue weighted by Gasteiger charge is -2.26. The van der Waals surface area contributed by atoms with E-state index in [-0.39, 0.29) is 0 Å². The smallest absolute Gasteiger partial charge is 0.0462 e. The van der Waals surface area contributed by atoms with Gasteiger partial charge in [0.15, 0.2) is 0 Å². The summed E-state index contributed by atoms with van der Waals surface area (Å²) in [5.41, 5.74) is 13.1. The molecule has 0 saturated heterocycles. The van der Waals surface area contributed by atoms with E-state index in [1.165, 1.54) is 98.4 Å². The molecule has 0 heterocycles. The Morgan fingerprint density at radius 1 is 0.375 bits per heavy atom. The van der Waals surface area contributed by atoms with E-state index in [2.05, 4.69) is 255 Å². The molecular weight excluding hydrogens is 771 g/mol. The highest BCUT2D eigenvalue weighted by Gasteiger charge is 2.16. The van der Waals surface area contributed by atoms with E-state index in [4.69, 9.17) is 0 Å². The molecule has 11 rings (SSSR count). The largest absolute Gasteiger partial charge is 0.311 e. The Morgan fingerprint density at radius 3 is 1.41 bits per heavy atom. The van der Waals surface area contributed by atoms with E-state index >= 15 is 0 Å². The maximum atomic E-state index is 2.41. The van der Waals surface area contributed by atoms with Gasteiger partial charge in [0.1, 0.15) is 0 Å². The molecule has 0 aromatic heterocycles. The van der Waals surface area contributed by atoms with Crippen LogP contribution in [0.3, 0.4) is 0 Å². The molecule has 0 saturated carbocycles. The second-order valence-electron chi connectivity index (χ2n) is 16.7. The molecule has 0 unspecified atom stereocenters. The van der Waals surface area contributed by atoms with E-state index in [0.29, 0.717) is 0 Å². The summed E-state index contributed by atoms with van der Waals surface area (Å²) in [6, 6.07) is 80.4. The molecule has 11 aromatic rings. The monoisotopic (exact) mass is 817 g/mol. The van der Waals surface area contributed by atoms with Crippen LogP contribution in [0.25, 0.3) is 92.8 Å². The highest BCUT2D eigenvalue weighted by molar-refractivity contribution is 6.26. The number of fused-ring (bicyclic) bond motifs is 9. The van der Waals surface area contributed by atoms with Gasteiger partial charge in [0.05, 0.1) is 0 Å². The van der Waals surface area contributed by atoms with Crippen LogP contribution in [0.2, 0.25) is 0 Å². The fraction of sp³-hybridized carbons (Fsp3) is 0.0476. The highest BCUT2D eigenvalue weighted by Crippen LogP contribution is 2.42. The van der Waals surface area contributed by atoms with Crippen LogP contribution in [-0.2, 0) is 0 Å². The summed E-state index contributed by atoms with van der Waals surface area (Å²) < 4.78 is 0. The van der Waals surface area contributed by atoms with Crippen molar-refractivity contribution in [1.29, 1.82) is 0 Å². The van der Waals surface area contributed by atoms with Crippen LogP contribution in [-0.4, -0.2) is 0 Å².